The highest BCUT2D eigenvalue weighted by molar-refractivity contribution is 8.01. The van der Waals surface area contributed by atoms with Crippen LogP contribution < -0.4 is 5.32 Å². The number of nitrogens with one attached hydrogen (secondary N) is 1. The molecule has 0 amide bonds. The van der Waals surface area contributed by atoms with Crippen molar-refractivity contribution in [2.75, 3.05) is 6.66 Å². The molecule has 0 bridgehead atoms. The summed E-state index contributed by atoms with van der Waals surface area (Å²) in [6.07, 6.45) is 0. The molecule has 3 atom stereocenters. The predicted molar refractivity (Wildman–Crippen MR) is 83.5 cm³/mol. The highest BCUT2D eigenvalue weighted by atomic mass is 35.5. The maximum Gasteiger partial charge on any atom is 0.215 e. The number of rotatable bonds is 2. The average molecular weight is 340 g/mol. The van der Waals surface area contributed by atoms with Gasteiger partial charge in [-0.15, -0.1) is 11.8 Å². The van der Waals surface area contributed by atoms with Crippen LogP contribution in [0.3, 0.4) is 0 Å². The number of halogens is 2. The molecule has 3 nitrogen and oxygen atoms in total. The normalized spacial score (nSPS) is 29.2. The Morgan fingerprint density at radius 2 is 2.05 bits per heavy atom. The lowest BCUT2D eigenvalue weighted by atomic mass is 10.2. The third kappa shape index (κ3) is 3.31. The molecule has 1 aromatic carbocycles. The van der Waals surface area contributed by atoms with Gasteiger partial charge in [0.15, 0.2) is 0 Å². The molecule has 0 spiro atoms. The van der Waals surface area contributed by atoms with E-state index in [2.05, 4.69) is 5.32 Å². The van der Waals surface area contributed by atoms with Crippen LogP contribution in [0.4, 0.5) is 0 Å². The fraction of sp³-hybridized carbons (Fsp3) is 0.500. The topological polar surface area (TPSA) is 49.3 Å². The van der Waals surface area contributed by atoms with Crippen molar-refractivity contribution in [3.8, 4) is 0 Å². The molecule has 1 saturated heterocycles. The Morgan fingerprint density at radius 1 is 1.42 bits per heavy atom. The van der Waals surface area contributed by atoms with Gasteiger partial charge in [-0.2, -0.15) is 0 Å². The van der Waals surface area contributed by atoms with E-state index in [1.807, 2.05) is 19.9 Å². The quantitative estimate of drug-likeness (QED) is 0.787. The fourth-order valence-corrected chi connectivity index (χ4v) is 6.70. The molecule has 1 fully saturated rings. The minimum Gasteiger partial charge on any atom is -0.343 e. The van der Waals surface area contributed by atoms with E-state index >= 15 is 0 Å². The molecular formula is C12H16Cl2NO2PS. The van der Waals surface area contributed by atoms with Crippen LogP contribution in [0.2, 0.25) is 10.0 Å². The zero-order chi connectivity index (χ0) is 14.4. The van der Waals surface area contributed by atoms with Crippen LogP contribution in [-0.2, 0) is 4.57 Å². The van der Waals surface area contributed by atoms with Gasteiger partial charge in [-0.05, 0) is 31.5 Å². The van der Waals surface area contributed by atoms with Crippen molar-refractivity contribution >= 4 is 42.3 Å². The first-order chi connectivity index (χ1) is 8.61. The summed E-state index contributed by atoms with van der Waals surface area (Å²) in [4.78, 5) is 9.86. The van der Waals surface area contributed by atoms with Crippen molar-refractivity contribution in [1.82, 2.24) is 5.32 Å². The van der Waals surface area contributed by atoms with Gasteiger partial charge >= 0.3 is 0 Å². The summed E-state index contributed by atoms with van der Waals surface area (Å²) in [6.45, 7) is 5.32. The van der Waals surface area contributed by atoms with Gasteiger partial charge in [-0.25, -0.2) is 0 Å². The minimum absolute atomic E-state index is 0.106. The predicted octanol–water partition coefficient (Wildman–Crippen LogP) is 4.33. The maximum atomic E-state index is 12.0. The molecule has 2 rings (SSSR count). The van der Waals surface area contributed by atoms with E-state index in [9.17, 15) is 9.46 Å². The molecule has 1 heterocycles. The van der Waals surface area contributed by atoms with Gasteiger partial charge in [0.25, 0.3) is 0 Å². The number of benzene rings is 1. The third-order valence-electron chi connectivity index (χ3n) is 3.11. The average Bonchev–Trinajstić information content (AvgIpc) is 2.53. The molecule has 0 radical (unpaired) electrons. The van der Waals surface area contributed by atoms with Gasteiger partial charge in [-0.3, -0.25) is 9.88 Å². The Bertz CT molecular complexity index is 547. The molecule has 1 aliphatic rings. The summed E-state index contributed by atoms with van der Waals surface area (Å²) in [7, 11) is -3.22. The van der Waals surface area contributed by atoms with E-state index in [1.54, 1.807) is 23.9 Å². The molecule has 3 unspecified atom stereocenters. The highest BCUT2D eigenvalue weighted by Crippen LogP contribution is 2.58. The molecule has 7 heteroatoms. The van der Waals surface area contributed by atoms with Crippen LogP contribution >= 0.6 is 42.3 Å². The Morgan fingerprint density at radius 3 is 2.53 bits per heavy atom. The van der Waals surface area contributed by atoms with Crippen molar-refractivity contribution in [3.05, 3.63) is 33.8 Å². The van der Waals surface area contributed by atoms with Gasteiger partial charge in [-0.1, -0.05) is 29.3 Å². The monoisotopic (exact) mass is 339 g/mol. The van der Waals surface area contributed by atoms with Crippen LogP contribution in [0, 0.1) is 0 Å². The lowest BCUT2D eigenvalue weighted by Crippen LogP contribution is -2.36. The van der Waals surface area contributed by atoms with Crippen LogP contribution in [0.5, 0.6) is 0 Å². The summed E-state index contributed by atoms with van der Waals surface area (Å²) < 4.78 is 11.6. The zero-order valence-electron chi connectivity index (χ0n) is 10.9. The molecule has 1 aromatic rings. The molecule has 19 heavy (non-hydrogen) atoms. The van der Waals surface area contributed by atoms with Crippen molar-refractivity contribution in [2.24, 2.45) is 0 Å². The first kappa shape index (κ1) is 15.7. The summed E-state index contributed by atoms with van der Waals surface area (Å²) in [5, 5.41) is 4.26. The van der Waals surface area contributed by atoms with Crippen LogP contribution in [-0.4, -0.2) is 22.1 Å². The minimum atomic E-state index is -3.22. The maximum absolute atomic E-state index is 12.0. The van der Waals surface area contributed by atoms with Gasteiger partial charge in [0, 0.05) is 21.5 Å². The lowest BCUT2D eigenvalue weighted by Gasteiger charge is -2.26. The zero-order valence-corrected chi connectivity index (χ0v) is 14.1. The number of hydrogen-bond donors (Lipinski definition) is 2. The van der Waals surface area contributed by atoms with E-state index in [0.717, 1.165) is 5.56 Å². The summed E-state index contributed by atoms with van der Waals surface area (Å²) >= 11 is 13.7. The molecular weight excluding hydrogens is 324 g/mol. The van der Waals surface area contributed by atoms with Crippen molar-refractivity contribution in [3.63, 3.8) is 0 Å². The molecule has 106 valence electrons. The largest absolute Gasteiger partial charge is 0.343 e. The van der Waals surface area contributed by atoms with Crippen molar-refractivity contribution in [1.29, 1.82) is 0 Å². The number of thioether (sulfide) groups is 1. The first-order valence-corrected chi connectivity index (χ1v) is 9.61. The van der Waals surface area contributed by atoms with Gasteiger partial charge in [0.05, 0.1) is 11.2 Å². The summed E-state index contributed by atoms with van der Waals surface area (Å²) in [5.41, 5.74) is 0.889. The van der Waals surface area contributed by atoms with Crippen LogP contribution in [0.15, 0.2) is 18.2 Å². The standard InChI is InChI=1S/C12H16Cl2NO2PS/c1-12(2)11(18(3,16)17)15-10(19-12)8-5-4-7(13)6-9(8)14/h4-6,10-11,15H,1-3H3,(H,16,17). The van der Waals surface area contributed by atoms with E-state index in [-0.39, 0.29) is 10.1 Å². The Balaban J connectivity index is 2.32. The van der Waals surface area contributed by atoms with Crippen molar-refractivity contribution < 1.29 is 9.46 Å². The molecule has 0 aromatic heterocycles. The van der Waals surface area contributed by atoms with Gasteiger partial charge < -0.3 is 4.89 Å². The Kier molecular flexibility index (Phi) is 4.33. The van der Waals surface area contributed by atoms with Crippen molar-refractivity contribution in [2.45, 2.75) is 29.8 Å². The van der Waals surface area contributed by atoms with Gasteiger partial charge in [0.2, 0.25) is 7.37 Å². The smallest absolute Gasteiger partial charge is 0.215 e. The van der Waals surface area contributed by atoms with E-state index < -0.39 is 13.2 Å². The molecule has 1 aliphatic heterocycles. The Labute approximate surface area is 127 Å². The van der Waals surface area contributed by atoms with Crippen LogP contribution in [0.25, 0.3) is 0 Å². The fourth-order valence-electron chi connectivity index (χ4n) is 2.33. The van der Waals surface area contributed by atoms with E-state index in [0.29, 0.717) is 10.0 Å². The molecule has 0 saturated carbocycles. The molecule has 0 aliphatic carbocycles. The number of hydrogen-bond acceptors (Lipinski definition) is 3. The SMILES string of the molecule is CC1(C)SC(c2ccc(Cl)cc2Cl)NC1P(C)(=O)O. The highest BCUT2D eigenvalue weighted by Gasteiger charge is 2.48. The van der Waals surface area contributed by atoms with E-state index in [4.69, 9.17) is 23.2 Å². The van der Waals surface area contributed by atoms with Gasteiger partial charge in [0.1, 0.15) is 0 Å². The summed E-state index contributed by atoms with van der Waals surface area (Å²) in [6, 6.07) is 5.31. The third-order valence-corrected chi connectivity index (χ3v) is 7.07. The second-order valence-corrected chi connectivity index (χ2v) is 10.3. The lowest BCUT2D eigenvalue weighted by molar-refractivity contribution is 0.437. The first-order valence-electron chi connectivity index (χ1n) is 5.80. The molecule has 2 N–H and O–H groups in total. The second-order valence-electron chi connectivity index (χ2n) is 5.28. The summed E-state index contributed by atoms with van der Waals surface area (Å²) in [5.74, 6) is -0.457. The second kappa shape index (κ2) is 5.25. The van der Waals surface area contributed by atoms with Crippen LogP contribution in [0.1, 0.15) is 24.8 Å². The Hall–Kier alpha value is 0.300. The van der Waals surface area contributed by atoms with E-state index in [1.165, 1.54) is 6.66 Å².